The highest BCUT2D eigenvalue weighted by molar-refractivity contribution is 5.66. The minimum atomic E-state index is -0.832. The molecule has 1 saturated carbocycles. The third-order valence-corrected chi connectivity index (χ3v) is 4.79. The van der Waals surface area contributed by atoms with E-state index in [0.717, 1.165) is 12.8 Å². The summed E-state index contributed by atoms with van der Waals surface area (Å²) in [5, 5.41) is 39.1. The molecule has 0 aromatic rings. The molecule has 0 aromatic carbocycles. The van der Waals surface area contributed by atoms with Crippen molar-refractivity contribution in [3.63, 3.8) is 0 Å². The second-order valence-corrected chi connectivity index (χ2v) is 7.03. The highest BCUT2D eigenvalue weighted by Gasteiger charge is 2.39. The van der Waals surface area contributed by atoms with Gasteiger partial charge < -0.3 is 20.4 Å². The quantitative estimate of drug-likeness (QED) is 0.390. The van der Waals surface area contributed by atoms with Crippen molar-refractivity contribution in [3.05, 3.63) is 48.6 Å². The lowest BCUT2D eigenvalue weighted by molar-refractivity contribution is -0.136. The summed E-state index contributed by atoms with van der Waals surface area (Å²) in [5.74, 6) is -1.17. The predicted octanol–water partition coefficient (Wildman–Crippen LogP) is 3.38. The minimum Gasteiger partial charge on any atom is -0.481 e. The van der Waals surface area contributed by atoms with E-state index in [4.69, 9.17) is 5.11 Å². The molecule has 0 bridgehead atoms. The molecule has 0 aromatic heterocycles. The van der Waals surface area contributed by atoms with Crippen LogP contribution < -0.4 is 0 Å². The van der Waals surface area contributed by atoms with Crippen molar-refractivity contribution in [3.8, 4) is 0 Å². The highest BCUT2D eigenvalue weighted by Crippen LogP contribution is 2.36. The Labute approximate surface area is 162 Å². The molecule has 5 nitrogen and oxygen atoms in total. The maximum atomic E-state index is 10.5. The van der Waals surface area contributed by atoms with Gasteiger partial charge in [-0.25, -0.2) is 0 Å². The Kier molecular flexibility index (Phi) is 11.7. The molecule has 5 atom stereocenters. The van der Waals surface area contributed by atoms with E-state index in [1.807, 2.05) is 24.3 Å². The van der Waals surface area contributed by atoms with Crippen LogP contribution in [0.1, 0.15) is 51.9 Å². The van der Waals surface area contributed by atoms with Gasteiger partial charge >= 0.3 is 5.97 Å². The molecular weight excluding hydrogens is 344 g/mol. The average molecular weight is 379 g/mol. The van der Waals surface area contributed by atoms with Crippen molar-refractivity contribution in [2.45, 2.75) is 70.2 Å². The molecule has 0 saturated heterocycles. The molecule has 152 valence electrons. The lowest BCUT2D eigenvalue weighted by Crippen LogP contribution is -2.20. The summed E-state index contributed by atoms with van der Waals surface area (Å²) in [6, 6.07) is 0. The van der Waals surface area contributed by atoms with Crippen LogP contribution >= 0.6 is 0 Å². The summed E-state index contributed by atoms with van der Waals surface area (Å²) < 4.78 is 0. The topological polar surface area (TPSA) is 98.0 Å². The number of carbonyl (C=O) groups is 1. The molecule has 1 fully saturated rings. The zero-order chi connectivity index (χ0) is 20.1. The van der Waals surface area contributed by atoms with Crippen molar-refractivity contribution >= 4 is 5.97 Å². The first-order chi connectivity index (χ1) is 13.0. The number of aliphatic hydroxyl groups excluding tert-OH is 3. The van der Waals surface area contributed by atoms with Crippen LogP contribution in [0.25, 0.3) is 0 Å². The van der Waals surface area contributed by atoms with Gasteiger partial charge in [0.2, 0.25) is 0 Å². The van der Waals surface area contributed by atoms with Gasteiger partial charge in [-0.15, -0.1) is 0 Å². The van der Waals surface area contributed by atoms with E-state index in [2.05, 4.69) is 19.1 Å². The van der Waals surface area contributed by atoms with Gasteiger partial charge in [0.1, 0.15) is 0 Å². The monoisotopic (exact) mass is 378 g/mol. The van der Waals surface area contributed by atoms with Crippen LogP contribution in [0.15, 0.2) is 48.6 Å². The maximum Gasteiger partial charge on any atom is 0.303 e. The molecule has 5 heteroatoms. The zero-order valence-corrected chi connectivity index (χ0v) is 16.2. The third kappa shape index (κ3) is 9.70. The second-order valence-electron chi connectivity index (χ2n) is 7.03. The fraction of sp³-hybridized carbons (Fsp3) is 0.591. The number of aliphatic carboxylic acids is 1. The first-order valence-corrected chi connectivity index (χ1v) is 9.85. The zero-order valence-electron chi connectivity index (χ0n) is 16.2. The molecular formula is C22H34O5. The van der Waals surface area contributed by atoms with E-state index in [-0.39, 0.29) is 18.3 Å². The molecule has 0 radical (unpaired) electrons. The number of aliphatic hydroxyl groups is 3. The Balaban J connectivity index is 2.49. The lowest BCUT2D eigenvalue weighted by atomic mass is 9.89. The summed E-state index contributed by atoms with van der Waals surface area (Å²) in [6.07, 6.45) is 17.3. The highest BCUT2D eigenvalue weighted by atomic mass is 16.4. The number of carboxylic acids is 1. The largest absolute Gasteiger partial charge is 0.481 e. The number of hydrogen-bond donors (Lipinski definition) is 4. The Bertz CT molecular complexity index is 535. The van der Waals surface area contributed by atoms with E-state index in [0.29, 0.717) is 25.7 Å². The first kappa shape index (κ1) is 23.3. The molecule has 0 spiro atoms. The van der Waals surface area contributed by atoms with Gasteiger partial charge in [-0.1, -0.05) is 55.5 Å². The van der Waals surface area contributed by atoms with E-state index in [9.17, 15) is 20.1 Å². The summed E-state index contributed by atoms with van der Waals surface area (Å²) in [7, 11) is 0. The van der Waals surface area contributed by atoms with Crippen LogP contribution in [0.2, 0.25) is 0 Å². The van der Waals surface area contributed by atoms with Crippen molar-refractivity contribution in [2.24, 2.45) is 11.8 Å². The molecule has 4 N–H and O–H groups in total. The van der Waals surface area contributed by atoms with Crippen molar-refractivity contribution in [2.75, 3.05) is 0 Å². The van der Waals surface area contributed by atoms with Crippen molar-refractivity contribution < 1.29 is 25.2 Å². The van der Waals surface area contributed by atoms with Crippen LogP contribution in [0.4, 0.5) is 0 Å². The summed E-state index contributed by atoms with van der Waals surface area (Å²) in [5.41, 5.74) is 0. The normalized spacial score (nSPS) is 27.6. The summed E-state index contributed by atoms with van der Waals surface area (Å²) in [4.78, 5) is 10.5. The Morgan fingerprint density at radius 1 is 1.07 bits per heavy atom. The number of rotatable bonds is 12. The fourth-order valence-electron chi connectivity index (χ4n) is 3.29. The van der Waals surface area contributed by atoms with Gasteiger partial charge in [-0.2, -0.15) is 0 Å². The van der Waals surface area contributed by atoms with E-state index >= 15 is 0 Å². The number of carboxylic acid groups (broad SMARTS) is 1. The van der Waals surface area contributed by atoms with Crippen LogP contribution in [0, 0.1) is 11.8 Å². The number of hydrogen-bond acceptors (Lipinski definition) is 4. The Morgan fingerprint density at radius 2 is 1.81 bits per heavy atom. The molecule has 0 aliphatic heterocycles. The van der Waals surface area contributed by atoms with Gasteiger partial charge in [0.15, 0.2) is 0 Å². The second kappa shape index (κ2) is 13.5. The van der Waals surface area contributed by atoms with Gasteiger partial charge in [0.05, 0.1) is 18.3 Å². The molecule has 1 aliphatic carbocycles. The third-order valence-electron chi connectivity index (χ3n) is 4.79. The molecule has 0 heterocycles. The standard InChI is InChI=1S/C22H34O5/c1-2-3-4-5-6-8-11-17(23)14-15-19-18(20(24)16-21(19)25)12-9-7-10-13-22(26)27/h3-4,6-9,14-15,17-21,23-25H,2,5,10-13,16H2,1H3,(H,26,27)/b4-3-,8-6-,9-7-,15-14+/t17-,18-,19-,20-,21+/m1/s1. The van der Waals surface area contributed by atoms with Gasteiger partial charge in [0.25, 0.3) is 0 Å². The molecule has 27 heavy (non-hydrogen) atoms. The molecule has 0 amide bonds. The number of allylic oxidation sites excluding steroid dienone is 5. The molecule has 1 aliphatic rings. The SMILES string of the molecule is CC/C=C\C/C=C\C[C@@H](O)/C=C/[C@@H]1[C@@H](C/C=C\CCC(=O)O)[C@H](O)C[C@@H]1O. The smallest absolute Gasteiger partial charge is 0.303 e. The van der Waals surface area contributed by atoms with Crippen LogP contribution in [-0.2, 0) is 4.79 Å². The van der Waals surface area contributed by atoms with E-state index < -0.39 is 24.3 Å². The predicted molar refractivity (Wildman–Crippen MR) is 107 cm³/mol. The van der Waals surface area contributed by atoms with Crippen molar-refractivity contribution in [1.29, 1.82) is 0 Å². The minimum absolute atomic E-state index is 0.0869. The van der Waals surface area contributed by atoms with Gasteiger partial charge in [-0.3, -0.25) is 4.79 Å². The molecule has 0 unspecified atom stereocenters. The Hall–Kier alpha value is -1.69. The lowest BCUT2D eigenvalue weighted by Gasteiger charge is -2.19. The van der Waals surface area contributed by atoms with E-state index in [1.165, 1.54) is 0 Å². The van der Waals surface area contributed by atoms with Crippen LogP contribution in [-0.4, -0.2) is 44.7 Å². The summed E-state index contributed by atoms with van der Waals surface area (Å²) in [6.45, 7) is 2.09. The first-order valence-electron chi connectivity index (χ1n) is 9.85. The van der Waals surface area contributed by atoms with Gasteiger partial charge in [0, 0.05) is 18.8 Å². The maximum absolute atomic E-state index is 10.5. The Morgan fingerprint density at radius 3 is 2.52 bits per heavy atom. The summed E-state index contributed by atoms with van der Waals surface area (Å²) >= 11 is 0. The average Bonchev–Trinajstić information content (AvgIpc) is 2.88. The molecule has 1 rings (SSSR count). The van der Waals surface area contributed by atoms with Gasteiger partial charge in [-0.05, 0) is 38.0 Å². The fourth-order valence-corrected chi connectivity index (χ4v) is 3.29. The van der Waals surface area contributed by atoms with E-state index in [1.54, 1.807) is 12.2 Å². The van der Waals surface area contributed by atoms with Crippen LogP contribution in [0.3, 0.4) is 0 Å². The van der Waals surface area contributed by atoms with Crippen molar-refractivity contribution in [1.82, 2.24) is 0 Å². The van der Waals surface area contributed by atoms with Crippen LogP contribution in [0.5, 0.6) is 0 Å².